The zero-order valence-electron chi connectivity index (χ0n) is 10.4. The summed E-state index contributed by atoms with van der Waals surface area (Å²) in [5.74, 6) is -3.12. The summed E-state index contributed by atoms with van der Waals surface area (Å²) in [6, 6.07) is 7.00. The van der Waals surface area contributed by atoms with E-state index in [2.05, 4.69) is 9.97 Å². The Morgan fingerprint density at radius 2 is 1.85 bits per heavy atom. The van der Waals surface area contributed by atoms with Crippen molar-refractivity contribution in [3.05, 3.63) is 65.4 Å². The molecule has 0 amide bonds. The van der Waals surface area contributed by atoms with E-state index in [-0.39, 0.29) is 5.69 Å². The lowest BCUT2D eigenvalue weighted by Crippen LogP contribution is -2.04. The molecule has 2 heterocycles. The van der Waals surface area contributed by atoms with E-state index < -0.39 is 17.5 Å². The van der Waals surface area contributed by atoms with Crippen LogP contribution in [-0.2, 0) is 11.2 Å². The molecule has 0 aromatic carbocycles. The SMILES string of the molecule is O=C(O)C(O)=CC(=O)c1ccc(Cc2ccncc2)[nH]1. The average Bonchev–Trinajstić information content (AvgIpc) is 2.88. The number of rotatable bonds is 5. The molecule has 20 heavy (non-hydrogen) atoms. The third-order valence-electron chi connectivity index (χ3n) is 2.64. The lowest BCUT2D eigenvalue weighted by atomic mass is 10.1. The smallest absolute Gasteiger partial charge is 0.371 e. The van der Waals surface area contributed by atoms with E-state index in [0.717, 1.165) is 11.3 Å². The Morgan fingerprint density at radius 3 is 2.50 bits per heavy atom. The number of hydrogen-bond acceptors (Lipinski definition) is 4. The standard InChI is InChI=1S/C14H12N2O4/c17-12(8-13(18)14(19)20)11-2-1-10(16-11)7-9-3-5-15-6-4-9/h1-6,8,16,18H,7H2,(H,19,20). The number of H-pyrrole nitrogens is 1. The second-order valence-corrected chi connectivity index (χ2v) is 4.13. The molecule has 0 radical (unpaired) electrons. The molecule has 0 fully saturated rings. The zero-order chi connectivity index (χ0) is 14.5. The molecule has 0 aliphatic heterocycles. The van der Waals surface area contributed by atoms with Crippen molar-refractivity contribution in [1.29, 1.82) is 0 Å². The molecule has 0 saturated carbocycles. The van der Waals surface area contributed by atoms with Crippen molar-refractivity contribution in [2.24, 2.45) is 0 Å². The maximum absolute atomic E-state index is 11.7. The highest BCUT2D eigenvalue weighted by atomic mass is 16.4. The molecule has 2 aromatic heterocycles. The lowest BCUT2D eigenvalue weighted by molar-refractivity contribution is -0.135. The Morgan fingerprint density at radius 1 is 1.15 bits per heavy atom. The van der Waals surface area contributed by atoms with Crippen molar-refractivity contribution in [3.63, 3.8) is 0 Å². The molecule has 3 N–H and O–H groups in total. The first kappa shape index (κ1) is 13.5. The number of pyridine rings is 1. The van der Waals surface area contributed by atoms with E-state index >= 15 is 0 Å². The Kier molecular flexibility index (Phi) is 3.95. The second kappa shape index (κ2) is 5.83. The highest BCUT2D eigenvalue weighted by molar-refractivity contribution is 6.06. The van der Waals surface area contributed by atoms with Crippen LogP contribution in [0.1, 0.15) is 21.7 Å². The predicted molar refractivity (Wildman–Crippen MR) is 70.5 cm³/mol. The number of aromatic nitrogens is 2. The Balaban J connectivity index is 2.11. The fourth-order valence-corrected chi connectivity index (χ4v) is 1.67. The number of hydrogen-bond donors (Lipinski definition) is 3. The first-order valence-corrected chi connectivity index (χ1v) is 5.81. The van der Waals surface area contributed by atoms with Gasteiger partial charge in [0.05, 0.1) is 5.69 Å². The minimum absolute atomic E-state index is 0.224. The molecule has 0 saturated heterocycles. The summed E-state index contributed by atoms with van der Waals surface area (Å²) in [6.45, 7) is 0. The van der Waals surface area contributed by atoms with Crippen molar-refractivity contribution >= 4 is 11.8 Å². The summed E-state index contributed by atoms with van der Waals surface area (Å²) in [5.41, 5.74) is 2.06. The molecule has 6 nitrogen and oxygen atoms in total. The number of aromatic amines is 1. The number of nitrogens with zero attached hydrogens (tertiary/aromatic N) is 1. The van der Waals surface area contributed by atoms with E-state index in [1.165, 1.54) is 0 Å². The van der Waals surface area contributed by atoms with Gasteiger partial charge in [-0.15, -0.1) is 0 Å². The van der Waals surface area contributed by atoms with Crippen molar-refractivity contribution in [2.45, 2.75) is 6.42 Å². The normalized spacial score (nSPS) is 11.3. The van der Waals surface area contributed by atoms with Crippen LogP contribution in [0.2, 0.25) is 0 Å². The molecule has 0 spiro atoms. The molecule has 0 unspecified atom stereocenters. The van der Waals surface area contributed by atoms with Crippen LogP contribution in [0.5, 0.6) is 0 Å². The molecule has 0 aliphatic rings. The van der Waals surface area contributed by atoms with Crippen molar-refractivity contribution in [1.82, 2.24) is 9.97 Å². The van der Waals surface area contributed by atoms with Crippen molar-refractivity contribution in [3.8, 4) is 0 Å². The van der Waals surface area contributed by atoms with Crippen LogP contribution in [0.15, 0.2) is 48.5 Å². The van der Waals surface area contributed by atoms with E-state index in [1.54, 1.807) is 24.5 Å². The van der Waals surface area contributed by atoms with Crippen LogP contribution < -0.4 is 0 Å². The fourth-order valence-electron chi connectivity index (χ4n) is 1.67. The summed E-state index contributed by atoms with van der Waals surface area (Å²) >= 11 is 0. The summed E-state index contributed by atoms with van der Waals surface area (Å²) in [6.07, 6.45) is 4.63. The summed E-state index contributed by atoms with van der Waals surface area (Å²) < 4.78 is 0. The Hall–Kier alpha value is -2.89. The van der Waals surface area contributed by atoms with Gasteiger partial charge in [-0.25, -0.2) is 4.79 Å². The first-order chi connectivity index (χ1) is 9.56. The Bertz CT molecular complexity index is 659. The second-order valence-electron chi connectivity index (χ2n) is 4.13. The molecule has 2 rings (SSSR count). The number of carbonyl (C=O) groups excluding carboxylic acids is 1. The van der Waals surface area contributed by atoms with Crippen LogP contribution in [-0.4, -0.2) is 31.9 Å². The number of aliphatic hydroxyl groups excluding tert-OH is 1. The highest BCUT2D eigenvalue weighted by Gasteiger charge is 2.11. The van der Waals surface area contributed by atoms with Gasteiger partial charge in [-0.1, -0.05) is 0 Å². The van der Waals surface area contributed by atoms with E-state index in [9.17, 15) is 9.59 Å². The quantitative estimate of drug-likeness (QED) is 0.436. The van der Waals surface area contributed by atoms with E-state index in [4.69, 9.17) is 10.2 Å². The predicted octanol–water partition coefficient (Wildman–Crippen LogP) is 1.71. The van der Waals surface area contributed by atoms with Crippen LogP contribution in [0.25, 0.3) is 0 Å². The third-order valence-corrected chi connectivity index (χ3v) is 2.64. The van der Waals surface area contributed by atoms with Gasteiger partial charge in [0.1, 0.15) is 0 Å². The van der Waals surface area contributed by atoms with Crippen LogP contribution in [0.3, 0.4) is 0 Å². The summed E-state index contributed by atoms with van der Waals surface area (Å²) in [4.78, 5) is 28.9. The summed E-state index contributed by atoms with van der Waals surface area (Å²) in [7, 11) is 0. The van der Waals surface area contributed by atoms with Gasteiger partial charge in [-0.05, 0) is 29.8 Å². The van der Waals surface area contributed by atoms with Gasteiger partial charge in [-0.3, -0.25) is 9.78 Å². The number of ketones is 1. The minimum Gasteiger partial charge on any atom is -0.502 e. The van der Waals surface area contributed by atoms with Crippen molar-refractivity contribution in [2.75, 3.05) is 0 Å². The Labute approximate surface area is 114 Å². The van der Waals surface area contributed by atoms with Gasteiger partial charge in [0.2, 0.25) is 11.5 Å². The number of nitrogens with one attached hydrogen (secondary N) is 1. The molecular formula is C14H12N2O4. The minimum atomic E-state index is -1.54. The molecule has 6 heteroatoms. The van der Waals surface area contributed by atoms with E-state index in [1.807, 2.05) is 12.1 Å². The fraction of sp³-hybridized carbons (Fsp3) is 0.0714. The lowest BCUT2D eigenvalue weighted by Gasteiger charge is -1.98. The molecule has 102 valence electrons. The number of allylic oxidation sites excluding steroid dienone is 1. The molecular weight excluding hydrogens is 260 g/mol. The number of aliphatic carboxylic acids is 1. The maximum atomic E-state index is 11.7. The number of carbonyl (C=O) groups is 2. The van der Waals surface area contributed by atoms with E-state index in [0.29, 0.717) is 12.5 Å². The van der Waals surface area contributed by atoms with Gasteiger partial charge in [0.25, 0.3) is 0 Å². The zero-order valence-corrected chi connectivity index (χ0v) is 10.4. The van der Waals surface area contributed by atoms with Gasteiger partial charge >= 0.3 is 5.97 Å². The third kappa shape index (κ3) is 3.32. The largest absolute Gasteiger partial charge is 0.502 e. The topological polar surface area (TPSA) is 103 Å². The van der Waals surface area contributed by atoms with Crippen LogP contribution >= 0.6 is 0 Å². The van der Waals surface area contributed by atoms with Crippen molar-refractivity contribution < 1.29 is 19.8 Å². The number of carboxylic acids is 1. The van der Waals surface area contributed by atoms with Gasteiger partial charge in [0, 0.05) is 30.6 Å². The monoisotopic (exact) mass is 272 g/mol. The molecule has 0 bridgehead atoms. The van der Waals surface area contributed by atoms with Gasteiger partial charge < -0.3 is 15.2 Å². The maximum Gasteiger partial charge on any atom is 0.371 e. The van der Waals surface area contributed by atoms with Crippen LogP contribution in [0.4, 0.5) is 0 Å². The molecule has 0 aliphatic carbocycles. The highest BCUT2D eigenvalue weighted by Crippen LogP contribution is 2.10. The number of aliphatic hydroxyl groups is 1. The first-order valence-electron chi connectivity index (χ1n) is 5.81. The average molecular weight is 272 g/mol. The van der Waals surface area contributed by atoms with Crippen LogP contribution in [0, 0.1) is 0 Å². The molecule has 2 aromatic rings. The number of carboxylic acid groups (broad SMARTS) is 1. The molecule has 0 atom stereocenters. The summed E-state index contributed by atoms with van der Waals surface area (Å²) in [5, 5.41) is 17.5. The van der Waals surface area contributed by atoms with Gasteiger partial charge in [-0.2, -0.15) is 0 Å². The van der Waals surface area contributed by atoms with Gasteiger partial charge in [0.15, 0.2) is 0 Å².